The summed E-state index contributed by atoms with van der Waals surface area (Å²) in [4.78, 5) is 11.3. The third-order valence-corrected chi connectivity index (χ3v) is 2.61. The number of esters is 1. The molecule has 0 aliphatic heterocycles. The maximum atomic E-state index is 11.3. The van der Waals surface area contributed by atoms with E-state index < -0.39 is 6.10 Å². The van der Waals surface area contributed by atoms with Crippen LogP contribution in [0.15, 0.2) is 0 Å². The molecule has 14 heavy (non-hydrogen) atoms. The molecule has 78 valence electrons. The first-order chi connectivity index (χ1) is 6.67. The summed E-state index contributed by atoms with van der Waals surface area (Å²) in [6.45, 7) is 0. The first-order valence-corrected chi connectivity index (χ1v) is 5.02. The number of methoxy groups -OCH3 is 1. The average molecular weight is 215 g/mol. The van der Waals surface area contributed by atoms with Gasteiger partial charge in [0.05, 0.1) is 0 Å². The molecule has 0 unspecified atom stereocenters. The van der Waals surface area contributed by atoms with Crippen molar-refractivity contribution in [1.82, 2.24) is 5.32 Å². The molecule has 0 amide bonds. The molecule has 1 aliphatic carbocycles. The van der Waals surface area contributed by atoms with E-state index in [9.17, 15) is 9.90 Å². The number of aliphatic hydroxyl groups is 1. The van der Waals surface area contributed by atoms with Gasteiger partial charge in [-0.1, -0.05) is 0 Å². The predicted octanol–water partition coefficient (Wildman–Crippen LogP) is 0.606. The molecule has 3 atom stereocenters. The van der Waals surface area contributed by atoms with Gasteiger partial charge in [-0.25, -0.2) is 0 Å². The van der Waals surface area contributed by atoms with Gasteiger partial charge in [0, 0.05) is 0 Å². The van der Waals surface area contributed by atoms with Crippen LogP contribution in [-0.2, 0) is 9.53 Å². The third kappa shape index (κ3) is 3.07. The van der Waals surface area contributed by atoms with Crippen molar-refractivity contribution in [3.63, 3.8) is 0 Å². The van der Waals surface area contributed by atoms with Crippen LogP contribution < -0.4 is 5.32 Å². The van der Waals surface area contributed by atoms with E-state index in [0.717, 1.165) is 0 Å². The van der Waals surface area contributed by atoms with E-state index >= 15 is 0 Å². The van der Waals surface area contributed by atoms with Crippen LogP contribution in [0.25, 0.3) is 0 Å². The molecular formula is C9H14NO3P. The minimum absolute atomic E-state index is 0.0559. The second-order valence-corrected chi connectivity index (χ2v) is 3.76. The Morgan fingerprint density at radius 1 is 1.57 bits per heavy atom. The second-order valence-electron chi connectivity index (χ2n) is 3.53. The normalized spacial score (nSPS) is 31.9. The molecule has 0 aromatic heterocycles. The molecular weight excluding hydrogens is 201 g/mol. The van der Waals surface area contributed by atoms with Crippen molar-refractivity contribution in [3.8, 4) is 5.75 Å². The van der Waals surface area contributed by atoms with Gasteiger partial charge in [-0.05, 0) is 0 Å². The van der Waals surface area contributed by atoms with Crippen molar-refractivity contribution in [2.75, 3.05) is 7.11 Å². The molecule has 1 saturated carbocycles. The number of ether oxygens (including phenoxy) is 1. The standard InChI is InChI=1S/C9H14NO3P/c1-13-9(12)6-2-7(10-5-14)4-8(11)3-6/h6-8,10-11H,2-4H2,1H3/t6-,7+,8-/m1/s1. The van der Waals surface area contributed by atoms with Gasteiger partial charge in [-0.2, -0.15) is 0 Å². The zero-order valence-electron chi connectivity index (χ0n) is 8.06. The summed E-state index contributed by atoms with van der Waals surface area (Å²) < 4.78 is 4.65. The Morgan fingerprint density at radius 3 is 2.86 bits per heavy atom. The number of carbonyl (C=O) groups is 1. The van der Waals surface area contributed by atoms with Gasteiger partial charge in [0.25, 0.3) is 0 Å². The summed E-state index contributed by atoms with van der Waals surface area (Å²) in [5.41, 5.74) is 0. The monoisotopic (exact) mass is 215 g/mol. The molecule has 0 saturated heterocycles. The second kappa shape index (κ2) is 5.47. The number of aliphatic hydroxyl groups excluding tert-OH is 1. The fourth-order valence-electron chi connectivity index (χ4n) is 1.86. The van der Waals surface area contributed by atoms with Gasteiger partial charge >= 0.3 is 84.8 Å². The number of carbonyl (C=O) groups excluding carboxylic acids is 1. The van der Waals surface area contributed by atoms with Gasteiger partial charge in [-0.15, -0.1) is 0 Å². The average Bonchev–Trinajstić information content (AvgIpc) is 2.16. The zero-order chi connectivity index (χ0) is 10.6. The molecule has 1 fully saturated rings. The van der Waals surface area contributed by atoms with E-state index in [2.05, 4.69) is 24.5 Å². The predicted molar refractivity (Wildman–Crippen MR) is 53.1 cm³/mol. The number of nitrogens with one attached hydrogen (secondary N) is 1. The Labute approximate surface area is 85.5 Å². The molecule has 2 N–H and O–H groups in total. The molecule has 0 aromatic carbocycles. The molecule has 0 spiro atoms. The van der Waals surface area contributed by atoms with Crippen LogP contribution in [0.5, 0.6) is 0 Å². The van der Waals surface area contributed by atoms with E-state index in [1.807, 2.05) is 0 Å². The Balaban J connectivity index is 2.54. The van der Waals surface area contributed by atoms with Crippen LogP contribution in [0.2, 0.25) is 0 Å². The topological polar surface area (TPSA) is 58.6 Å². The summed E-state index contributed by atoms with van der Waals surface area (Å²) in [5.74, 6) is 2.04. The van der Waals surface area contributed by atoms with Crippen molar-refractivity contribution in [2.45, 2.75) is 31.4 Å². The summed E-state index contributed by atoms with van der Waals surface area (Å²) in [7, 11) is 5.17. The fraction of sp³-hybridized carbons (Fsp3) is 0.778. The van der Waals surface area contributed by atoms with E-state index in [1.165, 1.54) is 7.11 Å². The Morgan fingerprint density at radius 2 is 2.29 bits per heavy atom. The van der Waals surface area contributed by atoms with Gasteiger partial charge in [0.2, 0.25) is 0 Å². The quantitative estimate of drug-likeness (QED) is 0.402. The van der Waals surface area contributed by atoms with Crippen molar-refractivity contribution in [2.24, 2.45) is 5.92 Å². The number of hydrogen-bond acceptors (Lipinski definition) is 4. The van der Waals surface area contributed by atoms with Crippen molar-refractivity contribution < 1.29 is 14.6 Å². The molecule has 1 rings (SSSR count). The van der Waals surface area contributed by atoms with E-state index in [0.29, 0.717) is 19.3 Å². The van der Waals surface area contributed by atoms with Gasteiger partial charge in [0.1, 0.15) is 0 Å². The molecule has 5 heteroatoms. The molecule has 4 nitrogen and oxygen atoms in total. The summed E-state index contributed by atoms with van der Waals surface area (Å²) in [6, 6.07) is 0.0559. The number of rotatable bonds is 2. The molecule has 1 aliphatic rings. The van der Waals surface area contributed by atoms with Crippen molar-refractivity contribution in [3.05, 3.63) is 0 Å². The summed E-state index contributed by atoms with van der Waals surface area (Å²) in [5, 5.41) is 12.4. The van der Waals surface area contributed by atoms with Crippen molar-refractivity contribution in [1.29, 1.82) is 0 Å². The molecule has 0 aromatic rings. The van der Waals surface area contributed by atoms with Crippen LogP contribution in [0, 0.1) is 11.7 Å². The van der Waals surface area contributed by atoms with Gasteiger partial charge in [-0.3, -0.25) is 0 Å². The van der Waals surface area contributed by atoms with Crippen LogP contribution in [0.1, 0.15) is 19.3 Å². The fourth-order valence-corrected chi connectivity index (χ4v) is 2.04. The van der Waals surface area contributed by atoms with Crippen molar-refractivity contribution >= 4 is 14.7 Å². The number of hydrogen-bond donors (Lipinski definition) is 2. The zero-order valence-corrected chi connectivity index (χ0v) is 8.96. The first-order valence-electron chi connectivity index (χ1n) is 4.58. The van der Waals surface area contributed by atoms with Gasteiger partial charge < -0.3 is 0 Å². The van der Waals surface area contributed by atoms with E-state index in [1.54, 1.807) is 0 Å². The third-order valence-electron chi connectivity index (χ3n) is 2.49. The van der Waals surface area contributed by atoms with Crippen LogP contribution >= 0.6 is 8.70 Å². The van der Waals surface area contributed by atoms with Crippen LogP contribution in [-0.4, -0.2) is 30.3 Å². The SMILES string of the molecule is COC(=O)[C@H]1C[C@@H](O)C[C@@H](NC#P)C1. The van der Waals surface area contributed by atoms with E-state index in [-0.39, 0.29) is 17.9 Å². The Hall–Kier alpha value is -0.400. The maximum absolute atomic E-state index is 11.3. The van der Waals surface area contributed by atoms with Gasteiger partial charge in [0.15, 0.2) is 0 Å². The van der Waals surface area contributed by atoms with Crippen LogP contribution in [0.4, 0.5) is 0 Å². The van der Waals surface area contributed by atoms with Crippen LogP contribution in [0.3, 0.4) is 0 Å². The first kappa shape index (κ1) is 11.7. The minimum atomic E-state index is -0.452. The summed E-state index contributed by atoms with van der Waals surface area (Å²) in [6.07, 6.45) is 1.32. The Bertz CT molecular complexity index is 251. The molecule has 0 bridgehead atoms. The summed E-state index contributed by atoms with van der Waals surface area (Å²) >= 11 is 0. The Kier molecular flexibility index (Phi) is 4.56. The molecule has 0 radical (unpaired) electrons. The van der Waals surface area contributed by atoms with E-state index in [4.69, 9.17) is 0 Å². The molecule has 0 heterocycles.